The Morgan fingerprint density at radius 1 is 1.65 bits per heavy atom. The zero-order chi connectivity index (χ0) is 12.6. The van der Waals surface area contributed by atoms with Gasteiger partial charge in [0.15, 0.2) is 5.69 Å². The topological polar surface area (TPSA) is 80.6 Å². The number of carboxylic acid groups (broad SMARTS) is 1. The third-order valence-corrected chi connectivity index (χ3v) is 3.01. The molecule has 0 saturated heterocycles. The molecule has 0 aliphatic carbocycles. The maximum absolute atomic E-state index is 11.1. The number of aromatic nitrogens is 2. The minimum atomic E-state index is -1.03. The molecule has 2 heterocycles. The van der Waals surface area contributed by atoms with E-state index < -0.39 is 5.97 Å². The van der Waals surface area contributed by atoms with Crippen molar-refractivity contribution in [1.82, 2.24) is 9.38 Å². The highest BCUT2D eigenvalue weighted by Gasteiger charge is 2.18. The first-order valence-corrected chi connectivity index (χ1v) is 5.94. The van der Waals surface area contributed by atoms with Crippen LogP contribution in [0, 0.1) is 0 Å². The first-order valence-electron chi connectivity index (χ1n) is 5.15. The molecular weight excluding hydrogens is 286 g/mol. The maximum Gasteiger partial charge on any atom is 0.356 e. The smallest absolute Gasteiger partial charge is 0.356 e. The zero-order valence-corrected chi connectivity index (χ0v) is 10.8. The molecule has 6 heteroatoms. The molecule has 2 aromatic heterocycles. The van der Waals surface area contributed by atoms with Gasteiger partial charge in [-0.25, -0.2) is 9.78 Å². The summed E-state index contributed by atoms with van der Waals surface area (Å²) in [4.78, 5) is 15.2. The summed E-state index contributed by atoms with van der Waals surface area (Å²) in [5.41, 5.74) is 6.36. The lowest BCUT2D eigenvalue weighted by molar-refractivity contribution is 0.0693. The molecule has 1 unspecified atom stereocenters. The Bertz CT molecular complexity index is 577. The van der Waals surface area contributed by atoms with Crippen molar-refractivity contribution in [3.05, 3.63) is 34.3 Å². The van der Waals surface area contributed by atoms with E-state index in [1.807, 2.05) is 13.0 Å². The largest absolute Gasteiger partial charge is 0.476 e. The van der Waals surface area contributed by atoms with Crippen molar-refractivity contribution in [2.24, 2.45) is 5.73 Å². The van der Waals surface area contributed by atoms with Crippen molar-refractivity contribution in [3.8, 4) is 0 Å². The monoisotopic (exact) mass is 297 g/mol. The first kappa shape index (κ1) is 12.1. The summed E-state index contributed by atoms with van der Waals surface area (Å²) in [5.74, 6) is -0.378. The maximum atomic E-state index is 11.1. The fourth-order valence-corrected chi connectivity index (χ4v) is 2.30. The Balaban J connectivity index is 2.71. The van der Waals surface area contributed by atoms with Crippen LogP contribution in [0.1, 0.15) is 23.2 Å². The van der Waals surface area contributed by atoms with E-state index in [2.05, 4.69) is 20.9 Å². The number of nitrogens with two attached hydrogens (primary N) is 1. The van der Waals surface area contributed by atoms with Gasteiger partial charge in [-0.15, -0.1) is 0 Å². The van der Waals surface area contributed by atoms with E-state index in [1.165, 1.54) is 0 Å². The number of imidazole rings is 1. The van der Waals surface area contributed by atoms with Crippen LogP contribution in [0.3, 0.4) is 0 Å². The predicted molar refractivity (Wildman–Crippen MR) is 67.2 cm³/mol. The van der Waals surface area contributed by atoms with E-state index in [4.69, 9.17) is 10.8 Å². The second-order valence-corrected chi connectivity index (χ2v) is 4.74. The molecule has 2 aromatic rings. The Labute approximate surface area is 106 Å². The van der Waals surface area contributed by atoms with Crippen molar-refractivity contribution >= 4 is 27.4 Å². The molecule has 0 aromatic carbocycles. The second kappa shape index (κ2) is 4.46. The van der Waals surface area contributed by atoms with Gasteiger partial charge >= 0.3 is 5.97 Å². The standard InChI is InChI=1S/C11H12BrN3O2/c1-6(13)5-9-14-10(11(16)17)7-3-2-4-8(12)15(7)9/h2-4,6H,5,13H2,1H3,(H,16,17). The minimum absolute atomic E-state index is 0.0574. The van der Waals surface area contributed by atoms with E-state index in [1.54, 1.807) is 16.5 Å². The minimum Gasteiger partial charge on any atom is -0.476 e. The van der Waals surface area contributed by atoms with Crippen molar-refractivity contribution in [1.29, 1.82) is 0 Å². The van der Waals surface area contributed by atoms with Gasteiger partial charge in [0.25, 0.3) is 0 Å². The molecule has 0 fully saturated rings. The van der Waals surface area contributed by atoms with Crippen molar-refractivity contribution in [2.75, 3.05) is 0 Å². The third kappa shape index (κ3) is 2.18. The number of aromatic carboxylic acids is 1. The SMILES string of the molecule is CC(N)Cc1nc(C(=O)O)c2cccc(Br)n12. The number of carbonyl (C=O) groups is 1. The molecule has 0 spiro atoms. The Kier molecular flexibility index (Phi) is 3.17. The second-order valence-electron chi connectivity index (χ2n) is 3.93. The van der Waals surface area contributed by atoms with E-state index in [0.717, 1.165) is 4.60 Å². The summed E-state index contributed by atoms with van der Waals surface area (Å²) in [6.07, 6.45) is 0.525. The molecule has 0 radical (unpaired) electrons. The lowest BCUT2D eigenvalue weighted by Gasteiger charge is -2.05. The summed E-state index contributed by atoms with van der Waals surface area (Å²) in [7, 11) is 0. The molecule has 17 heavy (non-hydrogen) atoms. The molecule has 0 aliphatic heterocycles. The van der Waals surface area contributed by atoms with Gasteiger partial charge in [0.2, 0.25) is 0 Å². The highest BCUT2D eigenvalue weighted by Crippen LogP contribution is 2.20. The van der Waals surface area contributed by atoms with Crippen LogP contribution in [-0.4, -0.2) is 26.5 Å². The molecule has 2 rings (SSSR count). The van der Waals surface area contributed by atoms with E-state index >= 15 is 0 Å². The highest BCUT2D eigenvalue weighted by atomic mass is 79.9. The summed E-state index contributed by atoms with van der Waals surface area (Å²) in [6.45, 7) is 1.86. The molecule has 0 saturated carbocycles. The number of hydrogen-bond acceptors (Lipinski definition) is 3. The van der Waals surface area contributed by atoms with Crippen LogP contribution in [0.4, 0.5) is 0 Å². The number of fused-ring (bicyclic) bond motifs is 1. The molecule has 1 atom stereocenters. The molecule has 0 aliphatic rings. The normalized spacial score (nSPS) is 12.9. The lowest BCUT2D eigenvalue weighted by Crippen LogP contribution is -2.19. The molecule has 90 valence electrons. The van der Waals surface area contributed by atoms with Crippen LogP contribution in [0.15, 0.2) is 22.8 Å². The number of rotatable bonds is 3. The van der Waals surface area contributed by atoms with Gasteiger partial charge in [0.1, 0.15) is 5.82 Å². The summed E-state index contributed by atoms with van der Waals surface area (Å²) in [6, 6.07) is 5.27. The van der Waals surface area contributed by atoms with E-state index in [9.17, 15) is 4.79 Å². The van der Waals surface area contributed by atoms with Gasteiger partial charge in [-0.3, -0.25) is 4.40 Å². The summed E-state index contributed by atoms with van der Waals surface area (Å²) in [5, 5.41) is 9.10. The quantitative estimate of drug-likeness (QED) is 0.845. The van der Waals surface area contributed by atoms with Crippen molar-refractivity contribution in [3.63, 3.8) is 0 Å². The lowest BCUT2D eigenvalue weighted by atomic mass is 10.2. The fraction of sp³-hybridized carbons (Fsp3) is 0.273. The van der Waals surface area contributed by atoms with Crippen LogP contribution in [0.25, 0.3) is 5.52 Å². The average Bonchev–Trinajstić information content (AvgIpc) is 2.57. The van der Waals surface area contributed by atoms with Crippen molar-refractivity contribution < 1.29 is 9.90 Å². The van der Waals surface area contributed by atoms with Crippen molar-refractivity contribution in [2.45, 2.75) is 19.4 Å². The van der Waals surface area contributed by atoms with Gasteiger partial charge in [0.05, 0.1) is 10.1 Å². The molecule has 0 bridgehead atoms. The van der Waals surface area contributed by atoms with E-state index in [0.29, 0.717) is 17.8 Å². The third-order valence-electron chi connectivity index (χ3n) is 2.39. The summed E-state index contributed by atoms with van der Waals surface area (Å²) < 4.78 is 2.54. The fourth-order valence-electron chi connectivity index (χ4n) is 1.75. The number of hydrogen-bond donors (Lipinski definition) is 2. The van der Waals surface area contributed by atoms with Crippen LogP contribution < -0.4 is 5.73 Å². The highest BCUT2D eigenvalue weighted by molar-refractivity contribution is 9.10. The number of halogens is 1. The van der Waals surface area contributed by atoms with Crippen LogP contribution in [-0.2, 0) is 6.42 Å². The average molecular weight is 298 g/mol. The molecule has 5 nitrogen and oxygen atoms in total. The first-order chi connectivity index (χ1) is 8.00. The van der Waals surface area contributed by atoms with E-state index in [-0.39, 0.29) is 11.7 Å². The summed E-state index contributed by atoms with van der Waals surface area (Å²) >= 11 is 3.39. The predicted octanol–water partition coefficient (Wildman–Crippen LogP) is 1.68. The number of carboxylic acids is 1. The van der Waals surface area contributed by atoms with Crippen LogP contribution >= 0.6 is 15.9 Å². The van der Waals surface area contributed by atoms with Gasteiger partial charge in [-0.05, 0) is 35.0 Å². The molecular formula is C11H12BrN3O2. The van der Waals surface area contributed by atoms with Gasteiger partial charge in [0, 0.05) is 12.5 Å². The Hall–Kier alpha value is -1.40. The van der Waals surface area contributed by atoms with Crippen LogP contribution in [0.5, 0.6) is 0 Å². The Morgan fingerprint density at radius 2 is 2.35 bits per heavy atom. The number of nitrogens with zero attached hydrogens (tertiary/aromatic N) is 2. The van der Waals surface area contributed by atoms with Gasteiger partial charge in [-0.1, -0.05) is 6.07 Å². The number of pyridine rings is 1. The molecule has 3 N–H and O–H groups in total. The van der Waals surface area contributed by atoms with Gasteiger partial charge in [-0.2, -0.15) is 0 Å². The zero-order valence-electron chi connectivity index (χ0n) is 9.22. The Morgan fingerprint density at radius 3 is 2.94 bits per heavy atom. The molecule has 0 amide bonds. The van der Waals surface area contributed by atoms with Crippen LogP contribution in [0.2, 0.25) is 0 Å². The van der Waals surface area contributed by atoms with Gasteiger partial charge < -0.3 is 10.8 Å².